The molecule has 2 aliphatic carbocycles. The van der Waals surface area contributed by atoms with E-state index in [0.29, 0.717) is 17.1 Å². The van der Waals surface area contributed by atoms with Crippen LogP contribution in [0.5, 0.6) is 0 Å². The number of rotatable bonds is 3. The van der Waals surface area contributed by atoms with Crippen molar-refractivity contribution in [2.24, 2.45) is 0 Å². The summed E-state index contributed by atoms with van der Waals surface area (Å²) in [5.74, 6) is 2.40. The van der Waals surface area contributed by atoms with Crippen molar-refractivity contribution < 1.29 is 0 Å². The third-order valence-corrected chi connectivity index (χ3v) is 3.81. The first kappa shape index (κ1) is 11.3. The Morgan fingerprint density at radius 2 is 1.82 bits per heavy atom. The number of aromatic nitrogens is 2. The van der Waals surface area contributed by atoms with Crippen molar-refractivity contribution in [2.45, 2.75) is 56.9 Å². The molecule has 3 rings (SSSR count). The van der Waals surface area contributed by atoms with Crippen LogP contribution in [0.15, 0.2) is 6.07 Å². The first-order valence-electron chi connectivity index (χ1n) is 6.62. The minimum atomic E-state index is 0.556. The van der Waals surface area contributed by atoms with Crippen LogP contribution in [0.4, 0.5) is 5.82 Å². The van der Waals surface area contributed by atoms with Crippen LogP contribution in [0.25, 0.3) is 0 Å². The Hall–Kier alpha value is -0.830. The zero-order valence-electron chi connectivity index (χ0n) is 9.95. The summed E-state index contributed by atoms with van der Waals surface area (Å²) in [7, 11) is 0. The van der Waals surface area contributed by atoms with Gasteiger partial charge in [-0.25, -0.2) is 9.97 Å². The lowest BCUT2D eigenvalue weighted by molar-refractivity contribution is 0.461. The van der Waals surface area contributed by atoms with Gasteiger partial charge in [-0.2, -0.15) is 0 Å². The molecule has 1 N–H and O–H groups in total. The van der Waals surface area contributed by atoms with E-state index >= 15 is 0 Å². The molecule has 2 fully saturated rings. The molecular formula is C13H18ClN3. The normalized spacial score (nSPS) is 21.5. The Morgan fingerprint density at radius 3 is 2.53 bits per heavy atom. The molecule has 1 aromatic rings. The van der Waals surface area contributed by atoms with Crippen molar-refractivity contribution in [3.63, 3.8) is 0 Å². The van der Waals surface area contributed by atoms with Crippen LogP contribution in [0.1, 0.15) is 56.7 Å². The van der Waals surface area contributed by atoms with E-state index in [0.717, 1.165) is 11.6 Å². The lowest BCUT2D eigenvalue weighted by Crippen LogP contribution is -2.23. The zero-order chi connectivity index (χ0) is 11.7. The van der Waals surface area contributed by atoms with Gasteiger partial charge in [0.15, 0.2) is 0 Å². The molecule has 0 saturated heterocycles. The smallest absolute Gasteiger partial charge is 0.135 e. The van der Waals surface area contributed by atoms with Gasteiger partial charge in [0.25, 0.3) is 0 Å². The van der Waals surface area contributed by atoms with Crippen molar-refractivity contribution in [1.82, 2.24) is 9.97 Å². The maximum Gasteiger partial charge on any atom is 0.135 e. The number of nitrogens with zero attached hydrogens (tertiary/aromatic N) is 2. The molecule has 3 nitrogen and oxygen atoms in total. The Bertz CT molecular complexity index is 398. The minimum Gasteiger partial charge on any atom is -0.367 e. The molecule has 0 aliphatic heterocycles. The fraction of sp³-hybridized carbons (Fsp3) is 0.692. The van der Waals surface area contributed by atoms with E-state index in [1.807, 2.05) is 6.07 Å². The molecule has 0 aromatic carbocycles. The molecule has 0 radical (unpaired) electrons. The summed E-state index contributed by atoms with van der Waals surface area (Å²) >= 11 is 6.05. The topological polar surface area (TPSA) is 37.8 Å². The van der Waals surface area contributed by atoms with Gasteiger partial charge in [0, 0.05) is 18.0 Å². The second-order valence-electron chi connectivity index (χ2n) is 5.19. The van der Waals surface area contributed by atoms with Gasteiger partial charge >= 0.3 is 0 Å². The number of anilines is 1. The predicted octanol–water partition coefficient (Wildman–Crippen LogP) is 3.75. The highest BCUT2D eigenvalue weighted by atomic mass is 35.5. The molecule has 17 heavy (non-hydrogen) atoms. The van der Waals surface area contributed by atoms with Gasteiger partial charge in [0.2, 0.25) is 0 Å². The van der Waals surface area contributed by atoms with Crippen LogP contribution in [-0.4, -0.2) is 16.0 Å². The maximum atomic E-state index is 6.05. The van der Waals surface area contributed by atoms with Crippen molar-refractivity contribution in [3.05, 3.63) is 17.0 Å². The quantitative estimate of drug-likeness (QED) is 0.832. The Kier molecular flexibility index (Phi) is 3.19. The van der Waals surface area contributed by atoms with Crippen LogP contribution in [0.2, 0.25) is 5.15 Å². The Labute approximate surface area is 107 Å². The first-order chi connectivity index (χ1) is 8.31. The van der Waals surface area contributed by atoms with Crippen molar-refractivity contribution in [1.29, 1.82) is 0 Å². The highest BCUT2D eigenvalue weighted by Crippen LogP contribution is 2.38. The molecule has 4 heteroatoms. The molecule has 2 saturated carbocycles. The van der Waals surface area contributed by atoms with E-state index in [9.17, 15) is 0 Å². The largest absolute Gasteiger partial charge is 0.367 e. The van der Waals surface area contributed by atoms with Gasteiger partial charge in [-0.1, -0.05) is 30.9 Å². The van der Waals surface area contributed by atoms with Gasteiger partial charge < -0.3 is 5.32 Å². The summed E-state index contributed by atoms with van der Waals surface area (Å²) in [6.07, 6.45) is 8.95. The second-order valence-corrected chi connectivity index (χ2v) is 5.57. The van der Waals surface area contributed by atoms with Crippen LogP contribution in [-0.2, 0) is 0 Å². The van der Waals surface area contributed by atoms with Crippen LogP contribution < -0.4 is 5.32 Å². The second kappa shape index (κ2) is 4.81. The van der Waals surface area contributed by atoms with Crippen LogP contribution in [0, 0.1) is 0 Å². The van der Waals surface area contributed by atoms with Crippen molar-refractivity contribution >= 4 is 17.4 Å². The van der Waals surface area contributed by atoms with Crippen LogP contribution in [0.3, 0.4) is 0 Å². The summed E-state index contributed by atoms with van der Waals surface area (Å²) in [6, 6.07) is 2.42. The van der Waals surface area contributed by atoms with Gasteiger partial charge in [-0.05, 0) is 25.7 Å². The minimum absolute atomic E-state index is 0.556. The number of hydrogen-bond acceptors (Lipinski definition) is 3. The Balaban J connectivity index is 1.72. The predicted molar refractivity (Wildman–Crippen MR) is 69.5 cm³/mol. The fourth-order valence-electron chi connectivity index (χ4n) is 2.49. The van der Waals surface area contributed by atoms with Gasteiger partial charge in [-0.3, -0.25) is 0 Å². The van der Waals surface area contributed by atoms with E-state index in [1.54, 1.807) is 0 Å². The van der Waals surface area contributed by atoms with E-state index in [2.05, 4.69) is 15.3 Å². The Morgan fingerprint density at radius 1 is 1.06 bits per heavy atom. The SMILES string of the molecule is Clc1cc(NC2CCCCC2)nc(C2CC2)n1. The van der Waals surface area contributed by atoms with E-state index in [4.69, 9.17) is 11.6 Å². The molecule has 0 spiro atoms. The molecule has 0 atom stereocenters. The number of nitrogens with one attached hydrogen (secondary N) is 1. The lowest BCUT2D eigenvalue weighted by atomic mass is 9.95. The average molecular weight is 252 g/mol. The van der Waals surface area contributed by atoms with E-state index < -0.39 is 0 Å². The molecule has 0 bridgehead atoms. The van der Waals surface area contributed by atoms with Crippen molar-refractivity contribution in [2.75, 3.05) is 5.32 Å². The third-order valence-electron chi connectivity index (χ3n) is 3.61. The fourth-order valence-corrected chi connectivity index (χ4v) is 2.68. The molecule has 0 unspecified atom stereocenters. The number of hydrogen-bond donors (Lipinski definition) is 1. The first-order valence-corrected chi connectivity index (χ1v) is 7.00. The van der Waals surface area contributed by atoms with E-state index in [1.165, 1.54) is 44.9 Å². The third kappa shape index (κ3) is 2.89. The van der Waals surface area contributed by atoms with E-state index in [-0.39, 0.29) is 0 Å². The summed E-state index contributed by atoms with van der Waals surface area (Å²) in [4.78, 5) is 8.89. The van der Waals surface area contributed by atoms with Gasteiger partial charge in [0.05, 0.1) is 0 Å². The summed E-state index contributed by atoms with van der Waals surface area (Å²) in [5.41, 5.74) is 0. The average Bonchev–Trinajstić information content (AvgIpc) is 3.13. The molecule has 1 aromatic heterocycles. The molecule has 1 heterocycles. The molecule has 92 valence electrons. The summed E-state index contributed by atoms with van der Waals surface area (Å²) in [5, 5.41) is 4.08. The molecule has 2 aliphatic rings. The number of halogens is 1. The van der Waals surface area contributed by atoms with Crippen molar-refractivity contribution in [3.8, 4) is 0 Å². The standard InChI is InChI=1S/C13H18ClN3/c14-11-8-12(15-10-4-2-1-3-5-10)17-13(16-11)9-6-7-9/h8-10H,1-7H2,(H,15,16,17). The maximum absolute atomic E-state index is 6.05. The highest BCUT2D eigenvalue weighted by molar-refractivity contribution is 6.29. The highest BCUT2D eigenvalue weighted by Gasteiger charge is 2.27. The molecular weight excluding hydrogens is 234 g/mol. The van der Waals surface area contributed by atoms with Crippen LogP contribution >= 0.6 is 11.6 Å². The zero-order valence-corrected chi connectivity index (χ0v) is 10.7. The molecule has 0 amide bonds. The summed E-state index contributed by atoms with van der Waals surface area (Å²) in [6.45, 7) is 0. The lowest BCUT2D eigenvalue weighted by Gasteiger charge is -2.23. The van der Waals surface area contributed by atoms with Gasteiger partial charge in [0.1, 0.15) is 16.8 Å². The van der Waals surface area contributed by atoms with Gasteiger partial charge in [-0.15, -0.1) is 0 Å². The summed E-state index contributed by atoms with van der Waals surface area (Å²) < 4.78 is 0. The monoisotopic (exact) mass is 251 g/mol.